The summed E-state index contributed by atoms with van der Waals surface area (Å²) < 4.78 is 17.3. The Bertz CT molecular complexity index is 1730. The van der Waals surface area contributed by atoms with Gasteiger partial charge in [0.1, 0.15) is 17.2 Å². The molecule has 1 fully saturated rings. The highest BCUT2D eigenvalue weighted by molar-refractivity contribution is 6.11. The van der Waals surface area contributed by atoms with Crippen molar-refractivity contribution in [3.8, 4) is 11.1 Å². The van der Waals surface area contributed by atoms with Crippen molar-refractivity contribution in [2.24, 2.45) is 0 Å². The van der Waals surface area contributed by atoms with Crippen molar-refractivity contribution >= 4 is 33.8 Å². The molecule has 5 aromatic rings. The maximum atomic E-state index is 13.6. The number of aromatic nitrogens is 4. The Balaban J connectivity index is 1.24. The maximum absolute atomic E-state index is 13.6. The van der Waals surface area contributed by atoms with Gasteiger partial charge in [-0.15, -0.1) is 0 Å². The molecule has 6 rings (SSSR count). The first-order chi connectivity index (χ1) is 19.3. The van der Waals surface area contributed by atoms with E-state index >= 15 is 0 Å². The van der Waals surface area contributed by atoms with Crippen molar-refractivity contribution in [3.05, 3.63) is 84.3 Å². The zero-order valence-corrected chi connectivity index (χ0v) is 22.8. The summed E-state index contributed by atoms with van der Waals surface area (Å²) in [6.07, 6.45) is 7.10. The van der Waals surface area contributed by atoms with E-state index in [0.29, 0.717) is 17.1 Å². The second-order valence-corrected chi connectivity index (χ2v) is 10.7. The first-order valence-electron chi connectivity index (χ1n) is 13.5. The molecule has 9 heteroatoms. The number of halogens is 1. The highest BCUT2D eigenvalue weighted by Gasteiger charge is 2.26. The molecular weight excluding hydrogens is 507 g/mol. The van der Waals surface area contributed by atoms with Crippen molar-refractivity contribution in [2.45, 2.75) is 25.8 Å². The number of rotatable bonds is 5. The Morgan fingerprint density at radius 2 is 1.73 bits per heavy atom. The topological polar surface area (TPSA) is 76.3 Å². The number of amides is 1. The van der Waals surface area contributed by atoms with E-state index in [2.05, 4.69) is 19.4 Å². The standard InChI is InChI=1S/C31H31FN6O2/c1-20-34-27-17-33-13-10-28(27)38(20)24-11-14-36(15-12-24)19-30(39)26-18-37(31(40)35(2)3)29-16-22(6-9-25(26)29)21-4-7-23(32)8-5-21/h4-10,13,16-18,24H,11-12,14-15,19H2,1-3H3. The summed E-state index contributed by atoms with van der Waals surface area (Å²) in [6, 6.07) is 14.0. The minimum absolute atomic E-state index is 0.0152. The average molecular weight is 539 g/mol. The quantitative estimate of drug-likeness (QED) is 0.274. The summed E-state index contributed by atoms with van der Waals surface area (Å²) in [6.45, 7) is 3.91. The molecule has 1 amide bonds. The van der Waals surface area contributed by atoms with Gasteiger partial charge >= 0.3 is 6.03 Å². The van der Waals surface area contributed by atoms with E-state index in [4.69, 9.17) is 0 Å². The number of aryl methyl sites for hydroxylation is 1. The third kappa shape index (κ3) is 4.66. The molecule has 40 heavy (non-hydrogen) atoms. The SMILES string of the molecule is Cc1nc2cnccc2n1C1CCN(CC(=O)c2cn(C(=O)N(C)C)c3cc(-c4ccc(F)cc4)ccc23)CC1. The molecule has 0 saturated carbocycles. The lowest BCUT2D eigenvalue weighted by Crippen LogP contribution is -2.38. The van der Waals surface area contributed by atoms with Crippen LogP contribution in [0, 0.1) is 12.7 Å². The van der Waals surface area contributed by atoms with Crippen LogP contribution in [-0.4, -0.2) is 74.4 Å². The average Bonchev–Trinajstić information content (AvgIpc) is 3.50. The Morgan fingerprint density at radius 1 is 1.00 bits per heavy atom. The number of pyridine rings is 1. The normalized spacial score (nSPS) is 14.7. The summed E-state index contributed by atoms with van der Waals surface area (Å²) in [4.78, 5) is 39.2. The van der Waals surface area contributed by atoms with Crippen molar-refractivity contribution < 1.29 is 14.0 Å². The number of carbonyl (C=O) groups excluding carboxylic acids is 2. The molecule has 0 unspecified atom stereocenters. The molecule has 0 atom stereocenters. The van der Waals surface area contributed by atoms with E-state index in [1.54, 1.807) is 44.8 Å². The molecule has 0 N–H and O–H groups in total. The zero-order chi connectivity index (χ0) is 28.0. The smallest absolute Gasteiger partial charge is 0.328 e. The largest absolute Gasteiger partial charge is 0.330 e. The van der Waals surface area contributed by atoms with Crippen LogP contribution in [0.25, 0.3) is 33.1 Å². The molecule has 0 radical (unpaired) electrons. The van der Waals surface area contributed by atoms with Gasteiger partial charge in [0.05, 0.1) is 23.8 Å². The fourth-order valence-electron chi connectivity index (χ4n) is 5.80. The Kier molecular flexibility index (Phi) is 6.67. The molecule has 0 aliphatic carbocycles. The maximum Gasteiger partial charge on any atom is 0.328 e. The van der Waals surface area contributed by atoms with E-state index in [0.717, 1.165) is 59.3 Å². The molecule has 2 aromatic carbocycles. The first kappa shape index (κ1) is 25.9. The van der Waals surface area contributed by atoms with Crippen LogP contribution >= 0.6 is 0 Å². The van der Waals surface area contributed by atoms with Gasteiger partial charge in [-0.2, -0.15) is 0 Å². The van der Waals surface area contributed by atoms with E-state index in [-0.39, 0.29) is 24.2 Å². The number of imidazole rings is 1. The van der Waals surface area contributed by atoms with Crippen LogP contribution in [0.15, 0.2) is 67.1 Å². The lowest BCUT2D eigenvalue weighted by atomic mass is 10.0. The molecule has 1 aliphatic heterocycles. The van der Waals surface area contributed by atoms with Gasteiger partial charge in [-0.05, 0) is 55.2 Å². The summed E-state index contributed by atoms with van der Waals surface area (Å²) in [5.41, 5.74) is 4.87. The van der Waals surface area contributed by atoms with Crippen LogP contribution < -0.4 is 0 Å². The highest BCUT2D eigenvalue weighted by atomic mass is 19.1. The molecule has 0 spiro atoms. The number of hydrogen-bond donors (Lipinski definition) is 0. The van der Waals surface area contributed by atoms with Gasteiger partial charge in [0.25, 0.3) is 0 Å². The van der Waals surface area contributed by atoms with E-state index in [9.17, 15) is 14.0 Å². The molecular formula is C31H31FN6O2. The lowest BCUT2D eigenvalue weighted by molar-refractivity contribution is 0.0900. The Labute approximate surface area is 231 Å². The summed E-state index contributed by atoms with van der Waals surface area (Å²) in [5, 5.41) is 0.732. The molecule has 4 heterocycles. The second kappa shape index (κ2) is 10.3. The van der Waals surface area contributed by atoms with Crippen molar-refractivity contribution in [1.82, 2.24) is 28.9 Å². The predicted octanol–water partition coefficient (Wildman–Crippen LogP) is 5.55. The highest BCUT2D eigenvalue weighted by Crippen LogP contribution is 2.31. The number of ketones is 1. The van der Waals surface area contributed by atoms with Gasteiger partial charge in [-0.1, -0.05) is 24.3 Å². The number of benzene rings is 2. The van der Waals surface area contributed by atoms with Gasteiger partial charge in [0, 0.05) is 56.6 Å². The van der Waals surface area contributed by atoms with Crippen molar-refractivity contribution in [3.63, 3.8) is 0 Å². The van der Waals surface area contributed by atoms with E-state index < -0.39 is 0 Å². The van der Waals surface area contributed by atoms with Crippen LogP contribution in [0.2, 0.25) is 0 Å². The van der Waals surface area contributed by atoms with Gasteiger partial charge in [0.15, 0.2) is 5.78 Å². The molecule has 1 aliphatic rings. The zero-order valence-electron chi connectivity index (χ0n) is 22.8. The number of fused-ring (bicyclic) bond motifs is 2. The number of likely N-dealkylation sites (tertiary alicyclic amines) is 1. The third-order valence-electron chi connectivity index (χ3n) is 7.83. The molecule has 0 bridgehead atoms. The van der Waals surface area contributed by atoms with Crippen LogP contribution in [0.4, 0.5) is 9.18 Å². The van der Waals surface area contributed by atoms with Gasteiger partial charge in [-0.25, -0.2) is 14.2 Å². The van der Waals surface area contributed by atoms with Crippen LogP contribution in [0.1, 0.15) is 35.1 Å². The molecule has 1 saturated heterocycles. The number of nitrogens with zero attached hydrogens (tertiary/aromatic N) is 6. The summed E-state index contributed by atoms with van der Waals surface area (Å²) in [5.74, 6) is 0.660. The number of Topliss-reactive ketones (excluding diaryl/α,β-unsaturated/α-hetero) is 1. The van der Waals surface area contributed by atoms with Crippen LogP contribution in [-0.2, 0) is 0 Å². The second-order valence-electron chi connectivity index (χ2n) is 10.7. The minimum atomic E-state index is -0.307. The monoisotopic (exact) mass is 538 g/mol. The first-order valence-corrected chi connectivity index (χ1v) is 13.5. The van der Waals surface area contributed by atoms with Crippen molar-refractivity contribution in [1.29, 1.82) is 0 Å². The lowest BCUT2D eigenvalue weighted by Gasteiger charge is -2.33. The molecule has 3 aromatic heterocycles. The van der Waals surface area contributed by atoms with Crippen molar-refractivity contribution in [2.75, 3.05) is 33.7 Å². The van der Waals surface area contributed by atoms with Gasteiger partial charge in [-0.3, -0.25) is 19.2 Å². The number of hydrogen-bond acceptors (Lipinski definition) is 5. The Morgan fingerprint density at radius 3 is 2.45 bits per heavy atom. The number of carbonyl (C=O) groups is 2. The predicted molar refractivity (Wildman–Crippen MR) is 153 cm³/mol. The van der Waals surface area contributed by atoms with Crippen LogP contribution in [0.3, 0.4) is 0 Å². The fourth-order valence-corrected chi connectivity index (χ4v) is 5.80. The summed E-state index contributed by atoms with van der Waals surface area (Å²) >= 11 is 0. The Hall–Kier alpha value is -4.37. The van der Waals surface area contributed by atoms with Gasteiger partial charge in [0.2, 0.25) is 0 Å². The van der Waals surface area contributed by atoms with Gasteiger partial charge < -0.3 is 9.47 Å². The minimum Gasteiger partial charge on any atom is -0.330 e. The fraction of sp³-hybridized carbons (Fsp3) is 0.290. The van der Waals surface area contributed by atoms with Crippen LogP contribution in [0.5, 0.6) is 0 Å². The van der Waals surface area contributed by atoms with E-state index in [1.165, 1.54) is 21.6 Å². The number of piperidine rings is 1. The summed E-state index contributed by atoms with van der Waals surface area (Å²) in [7, 11) is 3.37. The third-order valence-corrected chi connectivity index (χ3v) is 7.83. The molecule has 8 nitrogen and oxygen atoms in total. The molecule has 204 valence electrons. The van der Waals surface area contributed by atoms with E-state index in [1.807, 2.05) is 31.2 Å².